The molecule has 3 N–H and O–H groups in total. The summed E-state index contributed by atoms with van der Waals surface area (Å²) in [6, 6.07) is 18.9. The molecule has 0 bridgehead atoms. The fourth-order valence-corrected chi connectivity index (χ4v) is 3.14. The van der Waals surface area contributed by atoms with Gasteiger partial charge in [-0.2, -0.15) is 4.99 Å². The molecule has 0 fully saturated rings. The number of amidine groups is 1. The SMILES string of the molecule is N=C(N)c1ccc2cc(-c3ccc(N4CC(C=O)=NC4=O)cc3)ccc2c1. The maximum atomic E-state index is 11.9. The molecule has 1 aliphatic rings. The first-order chi connectivity index (χ1) is 13.0. The van der Waals surface area contributed by atoms with Gasteiger partial charge in [-0.05, 0) is 46.2 Å². The number of hydrogen-bond donors (Lipinski definition) is 2. The Balaban J connectivity index is 1.62. The van der Waals surface area contributed by atoms with Gasteiger partial charge in [0.2, 0.25) is 0 Å². The lowest BCUT2D eigenvalue weighted by Crippen LogP contribution is -2.26. The topological polar surface area (TPSA) is 99.6 Å². The predicted octanol–water partition coefficient (Wildman–Crippen LogP) is 3.37. The number of nitrogens with zero attached hydrogens (tertiary/aromatic N) is 2. The minimum absolute atomic E-state index is 0.0507. The summed E-state index contributed by atoms with van der Waals surface area (Å²) in [4.78, 5) is 27.9. The van der Waals surface area contributed by atoms with E-state index in [2.05, 4.69) is 11.1 Å². The van der Waals surface area contributed by atoms with E-state index in [0.29, 0.717) is 17.5 Å². The number of nitrogens with one attached hydrogen (secondary N) is 1. The lowest BCUT2D eigenvalue weighted by molar-refractivity contribution is -0.102. The van der Waals surface area contributed by atoms with Crippen LogP contribution in [0.15, 0.2) is 65.7 Å². The molecule has 0 aromatic heterocycles. The van der Waals surface area contributed by atoms with Crippen molar-refractivity contribution in [1.29, 1.82) is 5.41 Å². The average Bonchev–Trinajstić information content (AvgIpc) is 3.08. The van der Waals surface area contributed by atoms with Crippen molar-refractivity contribution in [2.75, 3.05) is 11.4 Å². The number of anilines is 1. The first kappa shape index (κ1) is 16.7. The van der Waals surface area contributed by atoms with Crippen LogP contribution in [0.2, 0.25) is 0 Å². The van der Waals surface area contributed by atoms with Crippen LogP contribution in [0.25, 0.3) is 21.9 Å². The highest BCUT2D eigenvalue weighted by Crippen LogP contribution is 2.28. The highest BCUT2D eigenvalue weighted by atomic mass is 16.2. The van der Waals surface area contributed by atoms with Gasteiger partial charge in [-0.1, -0.05) is 36.4 Å². The van der Waals surface area contributed by atoms with Gasteiger partial charge < -0.3 is 5.73 Å². The van der Waals surface area contributed by atoms with Crippen molar-refractivity contribution >= 4 is 40.3 Å². The van der Waals surface area contributed by atoms with E-state index in [9.17, 15) is 9.59 Å². The summed E-state index contributed by atoms with van der Waals surface area (Å²) in [6.07, 6.45) is 0.610. The molecule has 0 saturated carbocycles. The molecular formula is C21H16N4O2. The molecule has 0 aliphatic carbocycles. The number of benzene rings is 3. The Hall–Kier alpha value is -3.80. The van der Waals surface area contributed by atoms with Crippen LogP contribution >= 0.6 is 0 Å². The maximum absolute atomic E-state index is 11.9. The summed E-state index contributed by atoms with van der Waals surface area (Å²) in [6.45, 7) is 0.205. The minimum Gasteiger partial charge on any atom is -0.384 e. The van der Waals surface area contributed by atoms with E-state index in [1.165, 1.54) is 4.90 Å². The van der Waals surface area contributed by atoms with Gasteiger partial charge in [-0.3, -0.25) is 15.1 Å². The molecule has 0 spiro atoms. The van der Waals surface area contributed by atoms with E-state index in [1.807, 2.05) is 54.6 Å². The van der Waals surface area contributed by atoms with E-state index < -0.39 is 6.03 Å². The van der Waals surface area contributed by atoms with Gasteiger partial charge in [0.1, 0.15) is 11.5 Å². The number of aliphatic imine (C=N–C) groups is 1. The summed E-state index contributed by atoms with van der Waals surface area (Å²) < 4.78 is 0. The van der Waals surface area contributed by atoms with Crippen LogP contribution in [-0.4, -0.2) is 30.4 Å². The molecule has 132 valence electrons. The van der Waals surface area contributed by atoms with E-state index in [-0.39, 0.29) is 18.1 Å². The molecule has 6 nitrogen and oxygen atoms in total. The van der Waals surface area contributed by atoms with Gasteiger partial charge in [0.25, 0.3) is 0 Å². The van der Waals surface area contributed by atoms with Crippen molar-refractivity contribution in [3.05, 3.63) is 66.2 Å². The third-order valence-corrected chi connectivity index (χ3v) is 4.59. The summed E-state index contributed by atoms with van der Waals surface area (Å²) in [5.74, 6) is 0.0507. The highest BCUT2D eigenvalue weighted by Gasteiger charge is 2.24. The van der Waals surface area contributed by atoms with Gasteiger partial charge >= 0.3 is 6.03 Å². The van der Waals surface area contributed by atoms with E-state index in [4.69, 9.17) is 11.1 Å². The number of rotatable bonds is 4. The number of urea groups is 1. The molecule has 2 amide bonds. The number of amides is 2. The summed E-state index contributed by atoms with van der Waals surface area (Å²) in [7, 11) is 0. The second-order valence-electron chi connectivity index (χ2n) is 6.33. The molecule has 0 unspecified atom stereocenters. The van der Waals surface area contributed by atoms with Gasteiger partial charge in [-0.15, -0.1) is 0 Å². The number of hydrogen-bond acceptors (Lipinski definition) is 3. The van der Waals surface area contributed by atoms with Crippen LogP contribution in [0.1, 0.15) is 5.56 Å². The predicted molar refractivity (Wildman–Crippen MR) is 107 cm³/mol. The summed E-state index contributed by atoms with van der Waals surface area (Å²) >= 11 is 0. The first-order valence-corrected chi connectivity index (χ1v) is 8.38. The van der Waals surface area contributed by atoms with Crippen LogP contribution in [0, 0.1) is 5.41 Å². The zero-order chi connectivity index (χ0) is 19.0. The number of aldehydes is 1. The molecule has 0 saturated heterocycles. The highest BCUT2D eigenvalue weighted by molar-refractivity contribution is 6.36. The van der Waals surface area contributed by atoms with Crippen LogP contribution in [-0.2, 0) is 4.79 Å². The third-order valence-electron chi connectivity index (χ3n) is 4.59. The number of carbonyl (C=O) groups is 2. The van der Waals surface area contributed by atoms with Crippen molar-refractivity contribution < 1.29 is 9.59 Å². The molecule has 0 atom stereocenters. The Kier molecular flexibility index (Phi) is 4.01. The van der Waals surface area contributed by atoms with Crippen molar-refractivity contribution in [2.24, 2.45) is 10.7 Å². The molecule has 1 aliphatic heterocycles. The van der Waals surface area contributed by atoms with Crippen LogP contribution in [0.4, 0.5) is 10.5 Å². The zero-order valence-corrected chi connectivity index (χ0v) is 14.3. The molecule has 0 radical (unpaired) electrons. The smallest absolute Gasteiger partial charge is 0.348 e. The second kappa shape index (κ2) is 6.49. The van der Waals surface area contributed by atoms with Crippen molar-refractivity contribution in [1.82, 2.24) is 0 Å². The number of carbonyl (C=O) groups excluding carboxylic acids is 2. The monoisotopic (exact) mass is 356 g/mol. The number of fused-ring (bicyclic) bond motifs is 1. The van der Waals surface area contributed by atoms with E-state index >= 15 is 0 Å². The van der Waals surface area contributed by atoms with E-state index in [1.54, 1.807) is 0 Å². The molecule has 3 aromatic rings. The first-order valence-electron chi connectivity index (χ1n) is 8.38. The number of nitrogens with two attached hydrogens (primary N) is 1. The summed E-state index contributed by atoms with van der Waals surface area (Å²) in [5.41, 5.74) is 9.25. The van der Waals surface area contributed by atoms with Crippen LogP contribution < -0.4 is 10.6 Å². The van der Waals surface area contributed by atoms with Gasteiger partial charge in [0.05, 0.1) is 6.54 Å². The van der Waals surface area contributed by atoms with Gasteiger partial charge in [-0.25, -0.2) is 4.79 Å². The zero-order valence-electron chi connectivity index (χ0n) is 14.3. The van der Waals surface area contributed by atoms with Crippen molar-refractivity contribution in [3.8, 4) is 11.1 Å². The Labute approximate surface area is 155 Å². The third kappa shape index (κ3) is 3.08. The average molecular weight is 356 g/mol. The lowest BCUT2D eigenvalue weighted by atomic mass is 9.99. The molecule has 4 rings (SSSR count). The van der Waals surface area contributed by atoms with Crippen molar-refractivity contribution in [2.45, 2.75) is 0 Å². The number of nitrogen functional groups attached to an aromatic ring is 1. The molecule has 6 heteroatoms. The minimum atomic E-state index is -0.420. The maximum Gasteiger partial charge on any atom is 0.348 e. The van der Waals surface area contributed by atoms with Gasteiger partial charge in [0.15, 0.2) is 6.29 Å². The fraction of sp³-hybridized carbons (Fsp3) is 0.0476. The normalized spacial score (nSPS) is 13.7. The second-order valence-corrected chi connectivity index (χ2v) is 6.33. The van der Waals surface area contributed by atoms with Gasteiger partial charge in [0, 0.05) is 11.3 Å². The Morgan fingerprint density at radius 1 is 1.00 bits per heavy atom. The Bertz CT molecular complexity index is 1120. The Morgan fingerprint density at radius 2 is 1.67 bits per heavy atom. The lowest BCUT2D eigenvalue weighted by Gasteiger charge is -2.15. The molecular weight excluding hydrogens is 340 g/mol. The quantitative estimate of drug-likeness (QED) is 0.426. The molecule has 3 aromatic carbocycles. The van der Waals surface area contributed by atoms with Crippen LogP contribution in [0.3, 0.4) is 0 Å². The standard InChI is InChI=1S/C21H16N4O2/c22-20(23)17-4-3-15-9-14(1-2-16(15)10-17)13-5-7-19(8-6-13)25-11-18(12-26)24-21(25)27/h1-10,12H,11H2,(H3,22,23). The largest absolute Gasteiger partial charge is 0.384 e. The fourth-order valence-electron chi connectivity index (χ4n) is 3.14. The molecule has 27 heavy (non-hydrogen) atoms. The summed E-state index contributed by atoms with van der Waals surface area (Å²) in [5, 5.41) is 9.61. The van der Waals surface area contributed by atoms with Crippen LogP contribution in [0.5, 0.6) is 0 Å². The molecule has 1 heterocycles. The Morgan fingerprint density at radius 3 is 2.33 bits per heavy atom. The van der Waals surface area contributed by atoms with E-state index in [0.717, 1.165) is 21.9 Å². The van der Waals surface area contributed by atoms with Crippen molar-refractivity contribution in [3.63, 3.8) is 0 Å².